The number of methoxy groups -OCH3 is 2. The van der Waals surface area contributed by atoms with Crippen molar-refractivity contribution in [2.24, 2.45) is 0 Å². The summed E-state index contributed by atoms with van der Waals surface area (Å²) in [5.74, 6) is 0.0144. The van der Waals surface area contributed by atoms with Crippen LogP contribution in [-0.4, -0.2) is 58.6 Å². The summed E-state index contributed by atoms with van der Waals surface area (Å²) in [6.45, 7) is 3.53. The fourth-order valence-electron chi connectivity index (χ4n) is 4.41. The van der Waals surface area contributed by atoms with Crippen LogP contribution in [0.4, 0.5) is 0 Å². The van der Waals surface area contributed by atoms with Gasteiger partial charge < -0.3 is 28.8 Å². The third-order valence-electron chi connectivity index (χ3n) is 6.24. The van der Waals surface area contributed by atoms with Crippen LogP contribution in [0.5, 0.6) is 17.2 Å². The van der Waals surface area contributed by atoms with Crippen LogP contribution < -0.4 is 14.2 Å². The van der Waals surface area contributed by atoms with Crippen LogP contribution >= 0.6 is 0 Å². The molecule has 1 aromatic heterocycles. The number of likely N-dealkylation sites (tertiary alicyclic amines) is 1. The topological polar surface area (TPSA) is 103 Å². The molecule has 194 valence electrons. The van der Waals surface area contributed by atoms with Crippen molar-refractivity contribution in [1.29, 1.82) is 0 Å². The van der Waals surface area contributed by atoms with Crippen LogP contribution in [0.25, 0.3) is 5.76 Å². The van der Waals surface area contributed by atoms with Crippen molar-refractivity contribution in [3.8, 4) is 17.2 Å². The average molecular weight is 506 g/mol. The molecule has 1 fully saturated rings. The molecule has 1 amide bonds. The highest BCUT2D eigenvalue weighted by Gasteiger charge is 2.46. The number of ketones is 1. The predicted octanol–water partition coefficient (Wildman–Crippen LogP) is 4.20. The lowest BCUT2D eigenvalue weighted by Crippen LogP contribution is -2.31. The van der Waals surface area contributed by atoms with Gasteiger partial charge in [0, 0.05) is 31.0 Å². The summed E-state index contributed by atoms with van der Waals surface area (Å²) in [5, 5.41) is 11.3. The Kier molecular flexibility index (Phi) is 8.12. The average Bonchev–Trinajstić information content (AvgIpc) is 3.53. The fourth-order valence-corrected chi connectivity index (χ4v) is 4.41. The minimum Gasteiger partial charge on any atom is -0.507 e. The van der Waals surface area contributed by atoms with Gasteiger partial charge in [0.05, 0.1) is 38.8 Å². The van der Waals surface area contributed by atoms with Gasteiger partial charge in [0.1, 0.15) is 11.5 Å². The maximum atomic E-state index is 13.3. The van der Waals surface area contributed by atoms with Gasteiger partial charge in [0.15, 0.2) is 11.5 Å². The number of aliphatic hydroxyl groups excluding tert-OH is 1. The van der Waals surface area contributed by atoms with Crippen molar-refractivity contribution in [2.75, 3.05) is 27.4 Å². The Bertz CT molecular complexity index is 1270. The minimum absolute atomic E-state index is 0.0297. The Morgan fingerprint density at radius 1 is 1.03 bits per heavy atom. The second-order valence-electron chi connectivity index (χ2n) is 8.63. The summed E-state index contributed by atoms with van der Waals surface area (Å²) in [7, 11) is 3.06. The van der Waals surface area contributed by atoms with E-state index in [0.717, 1.165) is 6.42 Å². The first kappa shape index (κ1) is 25.8. The standard InChI is InChI=1S/C28H31N3O6/c1-4-16-37-21-9-6-19(7-10-21)26(32)24-25(20-8-11-22(35-2)23(17-20)36-3)31(28(34)27(24)33)14-5-13-30-15-12-29-18-30/h6-12,15,17-18,25,32H,4-5,13-14,16H2,1-3H3/t25-/m1/s1. The van der Waals surface area contributed by atoms with Crippen molar-refractivity contribution in [3.05, 3.63) is 77.9 Å². The summed E-state index contributed by atoms with van der Waals surface area (Å²) in [6, 6.07) is 11.3. The van der Waals surface area contributed by atoms with Gasteiger partial charge in [-0.2, -0.15) is 0 Å². The molecule has 0 radical (unpaired) electrons. The Balaban J connectivity index is 1.73. The third-order valence-corrected chi connectivity index (χ3v) is 6.24. The summed E-state index contributed by atoms with van der Waals surface area (Å²) >= 11 is 0. The molecule has 37 heavy (non-hydrogen) atoms. The van der Waals surface area contributed by atoms with E-state index in [1.165, 1.54) is 19.1 Å². The lowest BCUT2D eigenvalue weighted by atomic mass is 9.95. The van der Waals surface area contributed by atoms with Gasteiger partial charge in [0.25, 0.3) is 11.7 Å². The Hall–Kier alpha value is -4.27. The van der Waals surface area contributed by atoms with Gasteiger partial charge in [-0.05, 0) is 54.8 Å². The van der Waals surface area contributed by atoms with Crippen LogP contribution in [0.15, 0.2) is 66.8 Å². The monoisotopic (exact) mass is 505 g/mol. The zero-order valence-electron chi connectivity index (χ0n) is 21.2. The molecule has 9 heteroatoms. The molecule has 0 bridgehead atoms. The van der Waals surface area contributed by atoms with E-state index in [1.807, 2.05) is 17.7 Å². The highest BCUT2D eigenvalue weighted by Crippen LogP contribution is 2.42. The Morgan fingerprint density at radius 3 is 2.43 bits per heavy atom. The lowest BCUT2D eigenvalue weighted by Gasteiger charge is -2.26. The van der Waals surface area contributed by atoms with Crippen molar-refractivity contribution >= 4 is 17.4 Å². The zero-order valence-corrected chi connectivity index (χ0v) is 21.2. The maximum Gasteiger partial charge on any atom is 0.295 e. The van der Waals surface area contributed by atoms with Crippen molar-refractivity contribution < 1.29 is 28.9 Å². The van der Waals surface area contributed by atoms with Crippen LogP contribution in [-0.2, 0) is 16.1 Å². The Labute approximate surface area is 215 Å². The first-order valence-corrected chi connectivity index (χ1v) is 12.2. The van der Waals surface area contributed by atoms with Gasteiger partial charge in [-0.25, -0.2) is 4.98 Å². The maximum absolute atomic E-state index is 13.3. The van der Waals surface area contributed by atoms with Crippen molar-refractivity contribution in [3.63, 3.8) is 0 Å². The summed E-state index contributed by atoms with van der Waals surface area (Å²) in [4.78, 5) is 32.0. The molecule has 4 rings (SSSR count). The van der Waals surface area contributed by atoms with E-state index in [4.69, 9.17) is 14.2 Å². The molecule has 9 nitrogen and oxygen atoms in total. The molecule has 0 spiro atoms. The van der Waals surface area contributed by atoms with Crippen LogP contribution in [0, 0.1) is 0 Å². The van der Waals surface area contributed by atoms with E-state index < -0.39 is 17.7 Å². The van der Waals surface area contributed by atoms with Crippen LogP contribution in [0.3, 0.4) is 0 Å². The number of rotatable bonds is 11. The van der Waals surface area contributed by atoms with Gasteiger partial charge in [-0.3, -0.25) is 9.59 Å². The molecule has 1 aliphatic heterocycles. The molecule has 0 unspecified atom stereocenters. The molecule has 1 N–H and O–H groups in total. The van der Waals surface area contributed by atoms with Gasteiger partial charge >= 0.3 is 0 Å². The van der Waals surface area contributed by atoms with Crippen LogP contribution in [0.2, 0.25) is 0 Å². The molecular weight excluding hydrogens is 474 g/mol. The second kappa shape index (κ2) is 11.6. The first-order chi connectivity index (χ1) is 18.0. The quantitative estimate of drug-likeness (QED) is 0.237. The normalized spacial score (nSPS) is 16.7. The molecule has 0 saturated carbocycles. The van der Waals surface area contributed by atoms with E-state index in [1.54, 1.807) is 55.0 Å². The van der Waals surface area contributed by atoms with E-state index in [9.17, 15) is 14.7 Å². The van der Waals surface area contributed by atoms with E-state index in [-0.39, 0.29) is 11.3 Å². The van der Waals surface area contributed by atoms with E-state index in [0.29, 0.717) is 54.5 Å². The number of ether oxygens (including phenoxy) is 3. The summed E-state index contributed by atoms with van der Waals surface area (Å²) < 4.78 is 18.4. The predicted molar refractivity (Wildman–Crippen MR) is 138 cm³/mol. The number of aryl methyl sites for hydroxylation is 1. The van der Waals surface area contributed by atoms with Gasteiger partial charge in [-0.15, -0.1) is 0 Å². The molecule has 1 atom stereocenters. The number of hydrogen-bond acceptors (Lipinski definition) is 7. The van der Waals surface area contributed by atoms with Gasteiger partial charge in [0.2, 0.25) is 0 Å². The number of aromatic nitrogens is 2. The number of carbonyl (C=O) groups excluding carboxylic acids is 2. The molecule has 3 aromatic rings. The molecule has 1 aliphatic rings. The number of aliphatic hydroxyl groups is 1. The number of carbonyl (C=O) groups is 2. The lowest BCUT2D eigenvalue weighted by molar-refractivity contribution is -0.139. The van der Waals surface area contributed by atoms with E-state index in [2.05, 4.69) is 4.98 Å². The molecule has 0 aliphatic carbocycles. The van der Waals surface area contributed by atoms with Crippen molar-refractivity contribution in [2.45, 2.75) is 32.4 Å². The number of hydrogen-bond donors (Lipinski definition) is 1. The minimum atomic E-state index is -0.793. The molecule has 1 saturated heterocycles. The highest BCUT2D eigenvalue weighted by atomic mass is 16.5. The van der Waals surface area contributed by atoms with Gasteiger partial charge in [-0.1, -0.05) is 13.0 Å². The first-order valence-electron chi connectivity index (χ1n) is 12.2. The Morgan fingerprint density at radius 2 is 1.78 bits per heavy atom. The highest BCUT2D eigenvalue weighted by molar-refractivity contribution is 6.46. The number of nitrogens with zero attached hydrogens (tertiary/aromatic N) is 3. The summed E-state index contributed by atoms with van der Waals surface area (Å²) in [6.07, 6.45) is 6.70. The number of Topliss-reactive ketones (excluding diaryl/α,β-unsaturated/α-hetero) is 1. The van der Waals surface area contributed by atoms with Crippen LogP contribution in [0.1, 0.15) is 36.9 Å². The largest absolute Gasteiger partial charge is 0.507 e. The van der Waals surface area contributed by atoms with E-state index >= 15 is 0 Å². The number of benzene rings is 2. The fraction of sp³-hybridized carbons (Fsp3) is 0.321. The summed E-state index contributed by atoms with van der Waals surface area (Å²) in [5.41, 5.74) is 1.08. The molecule has 2 aromatic carbocycles. The smallest absolute Gasteiger partial charge is 0.295 e. The molecule has 2 heterocycles. The number of amides is 1. The third kappa shape index (κ3) is 5.45. The molecular formula is C28H31N3O6. The SMILES string of the molecule is CCCOc1ccc(C(O)=C2C(=O)C(=O)N(CCCn3ccnc3)[C@@H]2c2ccc(OC)c(OC)c2)cc1. The second-order valence-corrected chi connectivity index (χ2v) is 8.63. The zero-order chi connectivity index (χ0) is 26.4. The number of imidazole rings is 1. The van der Waals surface area contributed by atoms with Crippen molar-refractivity contribution in [1.82, 2.24) is 14.5 Å².